The second-order valence-electron chi connectivity index (χ2n) is 10.2. The van der Waals surface area contributed by atoms with Crippen LogP contribution in [-0.2, 0) is 0 Å². The number of benzene rings is 6. The maximum atomic E-state index is 2.47. The molecule has 0 bridgehead atoms. The lowest BCUT2D eigenvalue weighted by molar-refractivity contribution is 1.08. The Morgan fingerprint density at radius 3 is 1.55 bits per heavy atom. The molecule has 0 fully saturated rings. The quantitative estimate of drug-likeness (QED) is 0.190. The maximum absolute atomic E-state index is 2.47. The predicted octanol–water partition coefficient (Wildman–Crippen LogP) is 8.80. The third-order valence-corrected chi connectivity index (χ3v) is 10.3. The molecule has 1 atom stereocenters. The molecule has 6 aromatic rings. The van der Waals surface area contributed by atoms with Crippen LogP contribution in [0.5, 0.6) is 0 Å². The van der Waals surface area contributed by atoms with Gasteiger partial charge < -0.3 is 0 Å². The predicted molar refractivity (Wildman–Crippen MR) is 173 cm³/mol. The van der Waals surface area contributed by atoms with Crippen molar-refractivity contribution in [1.82, 2.24) is 0 Å². The Bertz CT molecular complexity index is 1730. The van der Waals surface area contributed by atoms with Crippen molar-refractivity contribution in [3.05, 3.63) is 186 Å². The number of rotatable bonds is 6. The zero-order chi connectivity index (χ0) is 26.7. The summed E-state index contributed by atoms with van der Waals surface area (Å²) in [5.74, 6) is 0.163. The molecule has 0 aromatic heterocycles. The Hall–Kier alpha value is -4.51. The van der Waals surface area contributed by atoms with Gasteiger partial charge in [0, 0.05) is 5.92 Å². The van der Waals surface area contributed by atoms with Gasteiger partial charge in [0.1, 0.15) is 0 Å². The molecule has 1 aliphatic carbocycles. The molecule has 6 aromatic carbocycles. The van der Waals surface area contributed by atoms with Gasteiger partial charge in [-0.2, -0.15) is 0 Å². The molecule has 0 saturated carbocycles. The molecule has 0 spiro atoms. The molecule has 0 aliphatic heterocycles. The average Bonchev–Trinajstić information content (AvgIpc) is 3.43. The van der Waals surface area contributed by atoms with E-state index in [9.17, 15) is 0 Å². The lowest BCUT2D eigenvalue weighted by Gasteiger charge is -2.28. The first-order valence-corrected chi connectivity index (χ1v) is 15.2. The number of fused-ring (bicyclic) bond motifs is 1. The highest BCUT2D eigenvalue weighted by atomic mass is 31.1. The number of allylic oxidation sites excluding steroid dienone is 1. The molecule has 0 radical (unpaired) electrons. The smallest absolute Gasteiger partial charge is 0.0358 e. The molecular weight excluding hydrogens is 499 g/mol. The summed E-state index contributed by atoms with van der Waals surface area (Å²) in [6.45, 7) is 0. The van der Waals surface area contributed by atoms with Crippen molar-refractivity contribution in [3.63, 3.8) is 0 Å². The molecule has 1 unspecified atom stereocenters. The third kappa shape index (κ3) is 4.62. The zero-order valence-corrected chi connectivity index (χ0v) is 23.1. The van der Waals surface area contributed by atoms with Crippen LogP contribution >= 0.6 is 7.92 Å². The van der Waals surface area contributed by atoms with Crippen LogP contribution in [0.25, 0.3) is 22.8 Å². The summed E-state index contributed by atoms with van der Waals surface area (Å²) in [6.07, 6.45) is 2.40. The zero-order valence-electron chi connectivity index (χ0n) is 22.2. The summed E-state index contributed by atoms with van der Waals surface area (Å²) in [5.41, 5.74) is 9.24. The fourth-order valence-corrected chi connectivity index (χ4v) is 8.44. The van der Waals surface area contributed by atoms with E-state index >= 15 is 0 Å². The van der Waals surface area contributed by atoms with E-state index in [0.29, 0.717) is 0 Å². The van der Waals surface area contributed by atoms with Crippen molar-refractivity contribution in [2.45, 2.75) is 5.92 Å². The van der Waals surface area contributed by atoms with Gasteiger partial charge in [-0.05, 0) is 74.9 Å². The van der Waals surface area contributed by atoms with Crippen LogP contribution in [0.1, 0.15) is 28.2 Å². The van der Waals surface area contributed by atoms with E-state index in [4.69, 9.17) is 0 Å². The van der Waals surface area contributed by atoms with E-state index in [1.165, 1.54) is 54.9 Å². The number of hydrogen-bond acceptors (Lipinski definition) is 0. The van der Waals surface area contributed by atoms with Gasteiger partial charge in [-0.1, -0.05) is 158 Å². The number of hydrogen-bond donors (Lipinski definition) is 0. The SMILES string of the molecule is C1=C(c2ccccc2)C(c2ccc(-c3ccccc3)cc2P(c2ccccc2)c2ccccc2)c2ccccc21. The average molecular weight is 529 g/mol. The monoisotopic (exact) mass is 528 g/mol. The molecule has 0 saturated heterocycles. The van der Waals surface area contributed by atoms with Gasteiger partial charge in [0.2, 0.25) is 0 Å². The largest absolute Gasteiger partial charge is 0.0622 e. The highest BCUT2D eigenvalue weighted by Crippen LogP contribution is 2.48. The molecule has 1 aliphatic rings. The van der Waals surface area contributed by atoms with Gasteiger partial charge in [0.05, 0.1) is 0 Å². The van der Waals surface area contributed by atoms with Crippen LogP contribution in [-0.4, -0.2) is 0 Å². The van der Waals surface area contributed by atoms with Gasteiger partial charge in [-0.3, -0.25) is 0 Å². The van der Waals surface area contributed by atoms with E-state index in [1.807, 2.05) is 0 Å². The summed E-state index contributed by atoms with van der Waals surface area (Å²) in [4.78, 5) is 0. The summed E-state index contributed by atoms with van der Waals surface area (Å²) >= 11 is 0. The van der Waals surface area contributed by atoms with Crippen LogP contribution in [0.2, 0.25) is 0 Å². The topological polar surface area (TPSA) is 0 Å². The minimum absolute atomic E-state index is 0.163. The first-order valence-electron chi connectivity index (χ1n) is 13.8. The first-order chi connectivity index (χ1) is 19.9. The normalized spacial score (nSPS) is 14.1. The molecule has 190 valence electrons. The Labute approximate surface area is 238 Å². The fourth-order valence-electron chi connectivity index (χ4n) is 5.91. The van der Waals surface area contributed by atoms with E-state index in [0.717, 1.165) is 0 Å². The van der Waals surface area contributed by atoms with Crippen molar-refractivity contribution in [1.29, 1.82) is 0 Å². The van der Waals surface area contributed by atoms with E-state index < -0.39 is 7.92 Å². The van der Waals surface area contributed by atoms with E-state index in [-0.39, 0.29) is 5.92 Å². The Morgan fingerprint density at radius 2 is 0.925 bits per heavy atom. The summed E-state index contributed by atoms with van der Waals surface area (Å²) in [5, 5.41) is 4.15. The van der Waals surface area contributed by atoms with E-state index in [2.05, 4.69) is 170 Å². The van der Waals surface area contributed by atoms with Crippen LogP contribution in [0.4, 0.5) is 0 Å². The van der Waals surface area contributed by atoms with Gasteiger partial charge >= 0.3 is 0 Å². The van der Waals surface area contributed by atoms with Crippen molar-refractivity contribution >= 4 is 35.5 Å². The van der Waals surface area contributed by atoms with Crippen LogP contribution in [0, 0.1) is 0 Å². The Balaban J connectivity index is 1.51. The van der Waals surface area contributed by atoms with Gasteiger partial charge in [0.15, 0.2) is 0 Å². The fraction of sp³-hybridized carbons (Fsp3) is 0.0256. The van der Waals surface area contributed by atoms with Crippen LogP contribution in [0.3, 0.4) is 0 Å². The highest BCUT2D eigenvalue weighted by molar-refractivity contribution is 7.80. The molecule has 0 N–H and O–H groups in total. The highest BCUT2D eigenvalue weighted by Gasteiger charge is 2.32. The lowest BCUT2D eigenvalue weighted by atomic mass is 9.84. The summed E-state index contributed by atoms with van der Waals surface area (Å²) in [6, 6.07) is 59.9. The van der Waals surface area contributed by atoms with E-state index in [1.54, 1.807) is 0 Å². The first kappa shape index (κ1) is 24.5. The van der Waals surface area contributed by atoms with Crippen LogP contribution in [0.15, 0.2) is 164 Å². The van der Waals surface area contributed by atoms with Crippen molar-refractivity contribution in [3.8, 4) is 11.1 Å². The molecular formula is C39H29P. The van der Waals surface area contributed by atoms with Gasteiger partial charge in [-0.25, -0.2) is 0 Å². The molecule has 0 nitrogen and oxygen atoms in total. The van der Waals surface area contributed by atoms with Gasteiger partial charge in [-0.15, -0.1) is 0 Å². The third-order valence-electron chi connectivity index (χ3n) is 7.75. The molecule has 0 heterocycles. The molecule has 1 heteroatoms. The summed E-state index contributed by atoms with van der Waals surface area (Å²) in [7, 11) is -0.794. The second kappa shape index (κ2) is 10.9. The standard InChI is InChI=1S/C39H29P/c1-5-15-29(16-6-1)31-25-26-36(38(28-31)40(33-20-9-3-10-21-33)34-22-11-4-12-23-34)39-35-24-14-13-19-32(35)27-37(39)30-17-7-2-8-18-30/h1-28,39H. The Morgan fingerprint density at radius 1 is 0.400 bits per heavy atom. The van der Waals surface area contributed by atoms with Crippen molar-refractivity contribution < 1.29 is 0 Å². The second-order valence-corrected chi connectivity index (χ2v) is 12.4. The minimum Gasteiger partial charge on any atom is -0.0622 e. The maximum Gasteiger partial charge on any atom is 0.0358 e. The molecule has 0 amide bonds. The van der Waals surface area contributed by atoms with Crippen molar-refractivity contribution in [2.75, 3.05) is 0 Å². The summed E-state index contributed by atoms with van der Waals surface area (Å²) < 4.78 is 0. The molecule has 7 rings (SSSR count). The minimum atomic E-state index is -0.794. The Kier molecular flexibility index (Phi) is 6.70. The van der Waals surface area contributed by atoms with Crippen LogP contribution < -0.4 is 15.9 Å². The van der Waals surface area contributed by atoms with Crippen molar-refractivity contribution in [2.24, 2.45) is 0 Å². The lowest BCUT2D eigenvalue weighted by Crippen LogP contribution is -2.25. The van der Waals surface area contributed by atoms with Gasteiger partial charge in [0.25, 0.3) is 0 Å². The molecule has 40 heavy (non-hydrogen) atoms.